The molecule has 4 heteroatoms. The third-order valence-electron chi connectivity index (χ3n) is 2.73. The van der Waals surface area contributed by atoms with Crippen LogP contribution in [-0.4, -0.2) is 17.6 Å². The number of hydrogen-bond donors (Lipinski definition) is 2. The van der Waals surface area contributed by atoms with Gasteiger partial charge in [-0.2, -0.15) is 0 Å². The summed E-state index contributed by atoms with van der Waals surface area (Å²) in [7, 11) is 0. The molecule has 0 aromatic heterocycles. The van der Waals surface area contributed by atoms with Crippen molar-refractivity contribution in [1.82, 2.24) is 5.32 Å². The quantitative estimate of drug-likeness (QED) is 0.885. The van der Waals surface area contributed by atoms with Gasteiger partial charge in [-0.15, -0.1) is 0 Å². The van der Waals surface area contributed by atoms with E-state index in [2.05, 4.69) is 5.32 Å². The number of carbonyl (C=O) groups is 1. The van der Waals surface area contributed by atoms with Gasteiger partial charge in [-0.25, -0.2) is 4.39 Å². The van der Waals surface area contributed by atoms with E-state index in [4.69, 9.17) is 0 Å². The van der Waals surface area contributed by atoms with Crippen LogP contribution in [0, 0.1) is 5.82 Å². The summed E-state index contributed by atoms with van der Waals surface area (Å²) in [5, 5.41) is 12.5. The van der Waals surface area contributed by atoms with E-state index in [-0.39, 0.29) is 12.1 Å². The molecule has 1 atom stereocenters. The Morgan fingerprint density at radius 2 is 1.89 bits per heavy atom. The van der Waals surface area contributed by atoms with Gasteiger partial charge in [-0.1, -0.05) is 36.4 Å². The lowest BCUT2D eigenvalue weighted by molar-refractivity contribution is 0.0916. The molecule has 0 aliphatic heterocycles. The van der Waals surface area contributed by atoms with Crippen LogP contribution in [-0.2, 0) is 0 Å². The van der Waals surface area contributed by atoms with Crippen LogP contribution in [0.3, 0.4) is 0 Å². The summed E-state index contributed by atoms with van der Waals surface area (Å²) in [4.78, 5) is 11.7. The van der Waals surface area contributed by atoms with Crippen molar-refractivity contribution in [2.45, 2.75) is 6.10 Å². The largest absolute Gasteiger partial charge is 0.387 e. The summed E-state index contributed by atoms with van der Waals surface area (Å²) < 4.78 is 13.0. The van der Waals surface area contributed by atoms with Gasteiger partial charge in [0.15, 0.2) is 0 Å². The van der Waals surface area contributed by atoms with E-state index in [0.717, 1.165) is 11.6 Å². The number of amides is 1. The highest BCUT2D eigenvalue weighted by Crippen LogP contribution is 2.11. The minimum Gasteiger partial charge on any atom is -0.387 e. The number of aliphatic hydroxyl groups is 1. The molecule has 2 aromatic carbocycles. The van der Waals surface area contributed by atoms with Gasteiger partial charge < -0.3 is 10.4 Å². The molecule has 0 fully saturated rings. The first-order valence-corrected chi connectivity index (χ1v) is 5.93. The molecular formula is C15H14FNO2. The molecule has 0 spiro atoms. The number of rotatable bonds is 4. The Kier molecular flexibility index (Phi) is 4.26. The Labute approximate surface area is 110 Å². The summed E-state index contributed by atoms with van der Waals surface area (Å²) in [5.41, 5.74) is 0.960. The number of aliphatic hydroxyl groups excluding tert-OH is 1. The SMILES string of the molecule is O=C(NC[C@@H](O)c1ccccc1)c1cccc(F)c1. The summed E-state index contributed by atoms with van der Waals surface area (Å²) in [5.74, 6) is -0.870. The van der Waals surface area contributed by atoms with Crippen LogP contribution in [0.2, 0.25) is 0 Å². The van der Waals surface area contributed by atoms with E-state index in [1.165, 1.54) is 18.2 Å². The van der Waals surface area contributed by atoms with Crippen LogP contribution in [0.5, 0.6) is 0 Å². The first-order chi connectivity index (χ1) is 9.16. The van der Waals surface area contributed by atoms with Crippen molar-refractivity contribution in [2.24, 2.45) is 0 Å². The molecule has 0 saturated carbocycles. The topological polar surface area (TPSA) is 49.3 Å². The Hall–Kier alpha value is -2.20. The fourth-order valence-corrected chi connectivity index (χ4v) is 1.71. The second-order valence-corrected chi connectivity index (χ2v) is 4.15. The van der Waals surface area contributed by atoms with Crippen LogP contribution < -0.4 is 5.32 Å². The molecule has 0 heterocycles. The summed E-state index contributed by atoms with van der Waals surface area (Å²) in [6.45, 7) is 0.0827. The third kappa shape index (κ3) is 3.63. The lowest BCUT2D eigenvalue weighted by Crippen LogP contribution is -2.28. The summed E-state index contributed by atoms with van der Waals surface area (Å²) >= 11 is 0. The Bertz CT molecular complexity index is 557. The molecule has 3 nitrogen and oxygen atoms in total. The summed E-state index contributed by atoms with van der Waals surface area (Å²) in [6.07, 6.45) is -0.779. The molecule has 0 bridgehead atoms. The van der Waals surface area contributed by atoms with Crippen molar-refractivity contribution < 1.29 is 14.3 Å². The molecular weight excluding hydrogens is 245 g/mol. The molecule has 2 rings (SSSR count). The van der Waals surface area contributed by atoms with Gasteiger partial charge in [0.1, 0.15) is 5.82 Å². The maximum absolute atomic E-state index is 13.0. The predicted molar refractivity (Wildman–Crippen MR) is 70.1 cm³/mol. The molecule has 19 heavy (non-hydrogen) atoms. The highest BCUT2D eigenvalue weighted by molar-refractivity contribution is 5.94. The molecule has 0 unspecified atom stereocenters. The average molecular weight is 259 g/mol. The first kappa shape index (κ1) is 13.2. The molecule has 0 aliphatic rings. The van der Waals surface area contributed by atoms with Crippen molar-refractivity contribution in [1.29, 1.82) is 0 Å². The van der Waals surface area contributed by atoms with E-state index >= 15 is 0 Å². The van der Waals surface area contributed by atoms with Crippen LogP contribution in [0.4, 0.5) is 4.39 Å². The number of nitrogens with one attached hydrogen (secondary N) is 1. The smallest absolute Gasteiger partial charge is 0.251 e. The molecule has 0 saturated heterocycles. The molecule has 2 N–H and O–H groups in total. The van der Waals surface area contributed by atoms with Crippen molar-refractivity contribution in [2.75, 3.05) is 6.54 Å². The van der Waals surface area contributed by atoms with Crippen molar-refractivity contribution >= 4 is 5.91 Å². The number of hydrogen-bond acceptors (Lipinski definition) is 2. The fourth-order valence-electron chi connectivity index (χ4n) is 1.71. The zero-order valence-corrected chi connectivity index (χ0v) is 10.2. The number of carbonyl (C=O) groups excluding carboxylic acids is 1. The lowest BCUT2D eigenvalue weighted by Gasteiger charge is -2.12. The van der Waals surface area contributed by atoms with E-state index in [1.807, 2.05) is 18.2 Å². The van der Waals surface area contributed by atoms with Gasteiger partial charge in [0, 0.05) is 12.1 Å². The zero-order chi connectivity index (χ0) is 13.7. The molecule has 1 amide bonds. The van der Waals surface area contributed by atoms with Crippen LogP contribution in [0.15, 0.2) is 54.6 Å². The minimum absolute atomic E-state index is 0.0827. The fraction of sp³-hybridized carbons (Fsp3) is 0.133. The van der Waals surface area contributed by atoms with E-state index in [1.54, 1.807) is 12.1 Å². The minimum atomic E-state index is -0.779. The second-order valence-electron chi connectivity index (χ2n) is 4.15. The van der Waals surface area contributed by atoms with Crippen molar-refractivity contribution in [3.8, 4) is 0 Å². The van der Waals surface area contributed by atoms with E-state index in [9.17, 15) is 14.3 Å². The van der Waals surface area contributed by atoms with Gasteiger partial charge in [-0.3, -0.25) is 4.79 Å². The van der Waals surface area contributed by atoms with E-state index < -0.39 is 17.8 Å². The second kappa shape index (κ2) is 6.11. The Balaban J connectivity index is 1.94. The monoisotopic (exact) mass is 259 g/mol. The Morgan fingerprint density at radius 3 is 2.58 bits per heavy atom. The number of halogens is 1. The molecule has 0 radical (unpaired) electrons. The van der Waals surface area contributed by atoms with Gasteiger partial charge >= 0.3 is 0 Å². The maximum atomic E-state index is 13.0. The van der Waals surface area contributed by atoms with Crippen molar-refractivity contribution in [3.63, 3.8) is 0 Å². The van der Waals surface area contributed by atoms with Gasteiger partial charge in [-0.05, 0) is 23.8 Å². The molecule has 0 aliphatic carbocycles. The standard InChI is InChI=1S/C15H14FNO2/c16-13-8-4-7-12(9-13)15(19)17-10-14(18)11-5-2-1-3-6-11/h1-9,14,18H,10H2,(H,17,19)/t14-/m1/s1. The van der Waals surface area contributed by atoms with Crippen LogP contribution in [0.25, 0.3) is 0 Å². The summed E-state index contributed by atoms with van der Waals surface area (Å²) in [6, 6.07) is 14.4. The van der Waals surface area contributed by atoms with E-state index in [0.29, 0.717) is 0 Å². The first-order valence-electron chi connectivity index (χ1n) is 5.93. The lowest BCUT2D eigenvalue weighted by atomic mass is 10.1. The zero-order valence-electron chi connectivity index (χ0n) is 10.2. The maximum Gasteiger partial charge on any atom is 0.251 e. The average Bonchev–Trinajstić information content (AvgIpc) is 2.45. The predicted octanol–water partition coefficient (Wildman–Crippen LogP) is 2.29. The van der Waals surface area contributed by atoms with Gasteiger partial charge in [0.05, 0.1) is 6.10 Å². The Morgan fingerprint density at radius 1 is 1.16 bits per heavy atom. The molecule has 2 aromatic rings. The van der Waals surface area contributed by atoms with Crippen molar-refractivity contribution in [3.05, 3.63) is 71.5 Å². The van der Waals surface area contributed by atoms with Gasteiger partial charge in [0.2, 0.25) is 0 Å². The number of benzene rings is 2. The van der Waals surface area contributed by atoms with Crippen LogP contribution >= 0.6 is 0 Å². The van der Waals surface area contributed by atoms with Crippen LogP contribution in [0.1, 0.15) is 22.0 Å². The van der Waals surface area contributed by atoms with Gasteiger partial charge in [0.25, 0.3) is 5.91 Å². The normalized spacial score (nSPS) is 11.9. The molecule has 98 valence electrons. The third-order valence-corrected chi connectivity index (χ3v) is 2.73. The highest BCUT2D eigenvalue weighted by Gasteiger charge is 2.10. The highest BCUT2D eigenvalue weighted by atomic mass is 19.1.